The van der Waals surface area contributed by atoms with Crippen LogP contribution in [0.15, 0.2) is 41.3 Å². The van der Waals surface area contributed by atoms with Crippen LogP contribution in [0, 0.1) is 0 Å². The van der Waals surface area contributed by atoms with Gasteiger partial charge in [0.2, 0.25) is 0 Å². The second-order valence-corrected chi connectivity index (χ2v) is 5.07. The van der Waals surface area contributed by atoms with Gasteiger partial charge in [0.25, 0.3) is 5.91 Å². The van der Waals surface area contributed by atoms with Gasteiger partial charge in [-0.15, -0.1) is 0 Å². The predicted molar refractivity (Wildman–Crippen MR) is 67.4 cm³/mol. The fourth-order valence-corrected chi connectivity index (χ4v) is 2.63. The highest BCUT2D eigenvalue weighted by atomic mass is 32.2. The van der Waals surface area contributed by atoms with E-state index in [1.165, 1.54) is 11.8 Å². The number of para-hydroxylation sites is 1. The van der Waals surface area contributed by atoms with Gasteiger partial charge in [-0.2, -0.15) is 0 Å². The van der Waals surface area contributed by atoms with E-state index in [1.807, 2.05) is 31.2 Å². The minimum Gasteiger partial charge on any atom is -0.311 e. The van der Waals surface area contributed by atoms with Crippen molar-refractivity contribution in [1.29, 1.82) is 0 Å². The summed E-state index contributed by atoms with van der Waals surface area (Å²) in [6.07, 6.45) is 0. The minimum atomic E-state index is -0.505. The number of amides is 1. The first-order valence-electron chi connectivity index (χ1n) is 5.06. The average Bonchev–Trinajstić information content (AvgIpc) is 2.24. The van der Waals surface area contributed by atoms with Gasteiger partial charge in [-0.25, -0.2) is 0 Å². The lowest BCUT2D eigenvalue weighted by Gasteiger charge is -2.32. The number of hydrogen-bond acceptors (Lipinski definition) is 3. The number of carbonyl (C=O) groups is 1. The summed E-state index contributed by atoms with van der Waals surface area (Å²) in [4.78, 5) is 14.7. The molecule has 2 rings (SSSR count). The van der Waals surface area contributed by atoms with Crippen molar-refractivity contribution in [2.75, 3.05) is 11.4 Å². The zero-order valence-electron chi connectivity index (χ0n) is 9.14. The largest absolute Gasteiger partial charge is 0.311 e. The van der Waals surface area contributed by atoms with Gasteiger partial charge in [0, 0.05) is 11.4 Å². The molecular weight excluding hydrogens is 220 g/mol. The quantitative estimate of drug-likeness (QED) is 0.796. The van der Waals surface area contributed by atoms with Crippen molar-refractivity contribution < 1.29 is 4.79 Å². The molecule has 0 radical (unpaired) electrons. The van der Waals surface area contributed by atoms with Crippen LogP contribution in [0.25, 0.3) is 0 Å². The zero-order valence-corrected chi connectivity index (χ0v) is 9.96. The van der Waals surface area contributed by atoms with E-state index in [4.69, 9.17) is 5.73 Å². The van der Waals surface area contributed by atoms with Crippen molar-refractivity contribution in [3.8, 4) is 0 Å². The molecule has 0 saturated carbocycles. The Bertz CT molecular complexity index is 444. The second kappa shape index (κ2) is 4.31. The molecule has 0 bridgehead atoms. The maximum atomic E-state index is 12.0. The number of hydrogen-bond donors (Lipinski definition) is 1. The SMILES string of the molecule is C=C(C)CN1C(=O)C(N)Sc2ccccc21. The summed E-state index contributed by atoms with van der Waals surface area (Å²) in [7, 11) is 0. The number of carbonyl (C=O) groups excluding carboxylic acids is 1. The molecule has 1 heterocycles. The van der Waals surface area contributed by atoms with Crippen molar-refractivity contribution in [1.82, 2.24) is 0 Å². The van der Waals surface area contributed by atoms with E-state index >= 15 is 0 Å². The van der Waals surface area contributed by atoms with E-state index in [0.29, 0.717) is 6.54 Å². The lowest BCUT2D eigenvalue weighted by molar-refractivity contribution is -0.118. The highest BCUT2D eigenvalue weighted by Crippen LogP contribution is 2.37. The Labute approximate surface area is 99.3 Å². The zero-order chi connectivity index (χ0) is 11.7. The van der Waals surface area contributed by atoms with Gasteiger partial charge in [0.05, 0.1) is 5.69 Å². The van der Waals surface area contributed by atoms with Crippen LogP contribution in [0.3, 0.4) is 0 Å². The van der Waals surface area contributed by atoms with Gasteiger partial charge in [-0.3, -0.25) is 4.79 Å². The fraction of sp³-hybridized carbons (Fsp3) is 0.250. The third kappa shape index (κ3) is 1.99. The highest BCUT2D eigenvalue weighted by Gasteiger charge is 2.30. The summed E-state index contributed by atoms with van der Waals surface area (Å²) in [6, 6.07) is 7.80. The summed E-state index contributed by atoms with van der Waals surface area (Å²) < 4.78 is 0. The molecule has 0 spiro atoms. The average molecular weight is 234 g/mol. The van der Waals surface area contributed by atoms with E-state index in [-0.39, 0.29) is 5.91 Å². The Hall–Kier alpha value is -1.26. The Kier molecular flexibility index (Phi) is 3.03. The Balaban J connectivity index is 2.41. The molecule has 1 aliphatic rings. The molecule has 2 N–H and O–H groups in total. The van der Waals surface area contributed by atoms with Crippen LogP contribution in [-0.2, 0) is 4.79 Å². The number of nitrogens with zero attached hydrogens (tertiary/aromatic N) is 1. The normalized spacial score (nSPS) is 19.5. The Morgan fingerprint density at radius 3 is 2.94 bits per heavy atom. The first-order valence-corrected chi connectivity index (χ1v) is 5.94. The van der Waals surface area contributed by atoms with Crippen molar-refractivity contribution >= 4 is 23.4 Å². The van der Waals surface area contributed by atoms with Gasteiger partial charge >= 0.3 is 0 Å². The lowest BCUT2D eigenvalue weighted by atomic mass is 10.2. The molecule has 1 aromatic carbocycles. The Morgan fingerprint density at radius 2 is 2.25 bits per heavy atom. The standard InChI is InChI=1S/C12H14N2OS/c1-8(2)7-14-9-5-3-4-6-10(9)16-11(13)12(14)15/h3-6,11H,1,7,13H2,2H3. The van der Waals surface area contributed by atoms with Crippen LogP contribution < -0.4 is 10.6 Å². The number of rotatable bonds is 2. The molecular formula is C12H14N2OS. The van der Waals surface area contributed by atoms with Crippen molar-refractivity contribution in [3.63, 3.8) is 0 Å². The number of thioether (sulfide) groups is 1. The smallest absolute Gasteiger partial charge is 0.254 e. The molecule has 0 aliphatic carbocycles. The second-order valence-electron chi connectivity index (χ2n) is 3.89. The maximum absolute atomic E-state index is 12.0. The molecule has 3 nitrogen and oxygen atoms in total. The van der Waals surface area contributed by atoms with Crippen LogP contribution in [0.5, 0.6) is 0 Å². The van der Waals surface area contributed by atoms with Gasteiger partial charge in [-0.1, -0.05) is 36.0 Å². The third-order valence-corrected chi connectivity index (χ3v) is 3.40. The van der Waals surface area contributed by atoms with Crippen LogP contribution in [0.4, 0.5) is 5.69 Å². The van der Waals surface area contributed by atoms with Crippen LogP contribution in [0.1, 0.15) is 6.92 Å². The Morgan fingerprint density at radius 1 is 1.56 bits per heavy atom. The van der Waals surface area contributed by atoms with Crippen molar-refractivity contribution in [3.05, 3.63) is 36.4 Å². The summed E-state index contributed by atoms with van der Waals surface area (Å²) >= 11 is 1.41. The minimum absolute atomic E-state index is 0.0494. The van der Waals surface area contributed by atoms with Gasteiger partial charge in [-0.05, 0) is 19.1 Å². The molecule has 84 valence electrons. The molecule has 16 heavy (non-hydrogen) atoms. The first-order chi connectivity index (χ1) is 7.59. The fourth-order valence-electron chi connectivity index (χ4n) is 1.67. The molecule has 1 aliphatic heterocycles. The third-order valence-electron chi connectivity index (χ3n) is 2.35. The maximum Gasteiger partial charge on any atom is 0.254 e. The van der Waals surface area contributed by atoms with E-state index < -0.39 is 5.37 Å². The monoisotopic (exact) mass is 234 g/mol. The molecule has 4 heteroatoms. The highest BCUT2D eigenvalue weighted by molar-refractivity contribution is 8.00. The van der Waals surface area contributed by atoms with Crippen LogP contribution in [0.2, 0.25) is 0 Å². The van der Waals surface area contributed by atoms with Crippen LogP contribution in [-0.4, -0.2) is 17.8 Å². The van der Waals surface area contributed by atoms with Gasteiger partial charge < -0.3 is 10.6 Å². The number of anilines is 1. The van der Waals surface area contributed by atoms with E-state index in [0.717, 1.165) is 16.2 Å². The van der Waals surface area contributed by atoms with Crippen molar-refractivity contribution in [2.45, 2.75) is 17.2 Å². The molecule has 1 atom stereocenters. The topological polar surface area (TPSA) is 46.3 Å². The predicted octanol–water partition coefficient (Wildman–Crippen LogP) is 1.99. The molecule has 0 fully saturated rings. The van der Waals surface area contributed by atoms with E-state index in [1.54, 1.807) is 4.90 Å². The van der Waals surface area contributed by atoms with Crippen molar-refractivity contribution in [2.24, 2.45) is 5.73 Å². The lowest BCUT2D eigenvalue weighted by Crippen LogP contribution is -2.45. The summed E-state index contributed by atoms with van der Waals surface area (Å²) in [5.41, 5.74) is 7.68. The van der Waals surface area contributed by atoms with Crippen LogP contribution >= 0.6 is 11.8 Å². The summed E-state index contributed by atoms with van der Waals surface area (Å²) in [6.45, 7) is 6.28. The summed E-state index contributed by atoms with van der Waals surface area (Å²) in [5, 5.41) is -0.505. The van der Waals surface area contributed by atoms with Gasteiger partial charge in [0.15, 0.2) is 0 Å². The number of nitrogens with two attached hydrogens (primary N) is 1. The number of benzene rings is 1. The van der Waals surface area contributed by atoms with E-state index in [2.05, 4.69) is 6.58 Å². The molecule has 1 unspecified atom stereocenters. The molecule has 1 amide bonds. The molecule has 0 saturated heterocycles. The molecule has 0 aromatic heterocycles. The van der Waals surface area contributed by atoms with E-state index in [9.17, 15) is 4.79 Å². The first kappa shape index (κ1) is 11.2. The summed E-state index contributed by atoms with van der Waals surface area (Å²) in [5.74, 6) is -0.0494. The molecule has 1 aromatic rings. The van der Waals surface area contributed by atoms with Gasteiger partial charge in [0.1, 0.15) is 5.37 Å². The number of fused-ring (bicyclic) bond motifs is 1.